The molecule has 8 heteroatoms. The largest absolute Gasteiger partial charge is 0.423 e. The first kappa shape index (κ1) is 20.4. The fraction of sp³-hybridized carbons (Fsp3) is 0.0455. The summed E-state index contributed by atoms with van der Waals surface area (Å²) in [7, 11) is 0. The minimum atomic E-state index is -0.601. The molecule has 0 saturated heterocycles. The fourth-order valence-corrected chi connectivity index (χ4v) is 2.52. The molecule has 0 saturated carbocycles. The highest BCUT2D eigenvalue weighted by molar-refractivity contribution is 5.91. The molecule has 1 aromatic heterocycles. The number of nitro groups is 1. The number of nitrogens with zero attached hydrogens (tertiary/aromatic N) is 2. The summed E-state index contributed by atoms with van der Waals surface area (Å²) in [4.78, 5) is 37.5. The Bertz CT molecular complexity index is 1110. The van der Waals surface area contributed by atoms with Crippen LogP contribution in [0.25, 0.3) is 12.2 Å². The summed E-state index contributed by atoms with van der Waals surface area (Å²) in [6, 6.07) is 15.6. The van der Waals surface area contributed by atoms with Crippen LogP contribution in [-0.2, 0) is 4.79 Å². The third-order valence-electron chi connectivity index (χ3n) is 3.96. The summed E-state index contributed by atoms with van der Waals surface area (Å²) in [5.74, 6) is 0.0310. The van der Waals surface area contributed by atoms with Crippen molar-refractivity contribution in [2.24, 2.45) is 0 Å². The number of pyridine rings is 1. The molecule has 2 aromatic carbocycles. The number of carbonyl (C=O) groups excluding carboxylic acids is 2. The number of hydrogen-bond acceptors (Lipinski definition) is 6. The lowest BCUT2D eigenvalue weighted by atomic mass is 10.1. The number of hydrogen-bond donors (Lipinski definition) is 1. The maximum absolute atomic E-state index is 12.2. The van der Waals surface area contributed by atoms with Crippen molar-refractivity contribution in [3.63, 3.8) is 0 Å². The Morgan fingerprint density at radius 1 is 1.00 bits per heavy atom. The SMILES string of the molecule is CC(=O)Nc1cc(/C=C/c2ccc(OC(=O)c3ccc([N+](=O)[O-])cc3)cc2)ccn1. The monoisotopic (exact) mass is 403 g/mol. The highest BCUT2D eigenvalue weighted by Crippen LogP contribution is 2.18. The highest BCUT2D eigenvalue weighted by atomic mass is 16.6. The highest BCUT2D eigenvalue weighted by Gasteiger charge is 2.11. The Morgan fingerprint density at radius 3 is 2.30 bits per heavy atom. The first-order chi connectivity index (χ1) is 14.4. The molecule has 0 aliphatic carbocycles. The van der Waals surface area contributed by atoms with Crippen LogP contribution in [-0.4, -0.2) is 21.8 Å². The van der Waals surface area contributed by atoms with E-state index in [1.54, 1.807) is 36.5 Å². The van der Waals surface area contributed by atoms with Gasteiger partial charge in [-0.2, -0.15) is 0 Å². The van der Waals surface area contributed by atoms with Crippen molar-refractivity contribution >= 4 is 35.5 Å². The zero-order valence-electron chi connectivity index (χ0n) is 15.9. The molecule has 30 heavy (non-hydrogen) atoms. The number of esters is 1. The molecule has 1 amide bonds. The van der Waals surface area contributed by atoms with Gasteiger partial charge in [0, 0.05) is 25.3 Å². The van der Waals surface area contributed by atoms with E-state index in [9.17, 15) is 19.7 Å². The van der Waals surface area contributed by atoms with E-state index in [0.717, 1.165) is 11.1 Å². The van der Waals surface area contributed by atoms with Crippen LogP contribution in [0, 0.1) is 10.1 Å². The van der Waals surface area contributed by atoms with Gasteiger partial charge in [-0.3, -0.25) is 14.9 Å². The molecular formula is C22H17N3O5. The van der Waals surface area contributed by atoms with Crippen molar-refractivity contribution < 1.29 is 19.2 Å². The van der Waals surface area contributed by atoms with Gasteiger partial charge in [-0.05, 0) is 47.5 Å². The van der Waals surface area contributed by atoms with Gasteiger partial charge in [-0.1, -0.05) is 24.3 Å². The number of anilines is 1. The molecule has 1 heterocycles. The molecule has 0 aliphatic heterocycles. The molecule has 150 valence electrons. The smallest absolute Gasteiger partial charge is 0.343 e. The summed E-state index contributed by atoms with van der Waals surface area (Å²) in [5, 5.41) is 13.3. The molecule has 0 radical (unpaired) electrons. The molecule has 0 atom stereocenters. The molecule has 8 nitrogen and oxygen atoms in total. The maximum Gasteiger partial charge on any atom is 0.343 e. The lowest BCUT2D eigenvalue weighted by Gasteiger charge is -2.05. The molecule has 0 fully saturated rings. The van der Waals surface area contributed by atoms with Gasteiger partial charge in [0.05, 0.1) is 10.5 Å². The van der Waals surface area contributed by atoms with Crippen molar-refractivity contribution in [2.45, 2.75) is 6.92 Å². The van der Waals surface area contributed by atoms with E-state index in [2.05, 4.69) is 10.3 Å². The second-order valence-electron chi connectivity index (χ2n) is 6.25. The van der Waals surface area contributed by atoms with E-state index in [0.29, 0.717) is 11.6 Å². The molecule has 0 aliphatic rings. The van der Waals surface area contributed by atoms with Gasteiger partial charge in [0.1, 0.15) is 11.6 Å². The zero-order chi connectivity index (χ0) is 21.5. The van der Waals surface area contributed by atoms with Gasteiger partial charge in [-0.25, -0.2) is 9.78 Å². The van der Waals surface area contributed by atoms with Crippen LogP contribution < -0.4 is 10.1 Å². The fourth-order valence-electron chi connectivity index (χ4n) is 2.52. The van der Waals surface area contributed by atoms with E-state index < -0.39 is 10.9 Å². The lowest BCUT2D eigenvalue weighted by Crippen LogP contribution is -2.08. The van der Waals surface area contributed by atoms with Gasteiger partial charge in [0.2, 0.25) is 5.91 Å². The molecule has 0 unspecified atom stereocenters. The predicted octanol–water partition coefficient (Wildman–Crippen LogP) is 4.34. The standard InChI is InChI=1S/C22H17N3O5/c1-15(26)24-21-14-17(12-13-23-21)3-2-16-4-10-20(11-5-16)30-22(27)18-6-8-19(9-7-18)25(28)29/h2-14H,1H3,(H,23,24,26)/b3-2+. The van der Waals surface area contributed by atoms with Gasteiger partial charge in [0.25, 0.3) is 5.69 Å². The first-order valence-corrected chi connectivity index (χ1v) is 8.89. The van der Waals surface area contributed by atoms with E-state index in [-0.39, 0.29) is 17.2 Å². The normalized spacial score (nSPS) is 10.6. The van der Waals surface area contributed by atoms with E-state index in [1.165, 1.54) is 31.2 Å². The number of rotatable bonds is 6. The van der Waals surface area contributed by atoms with Gasteiger partial charge in [0.15, 0.2) is 0 Å². The molecule has 0 spiro atoms. The second-order valence-corrected chi connectivity index (χ2v) is 6.25. The van der Waals surface area contributed by atoms with E-state index in [4.69, 9.17) is 4.74 Å². The topological polar surface area (TPSA) is 111 Å². The number of aromatic nitrogens is 1. The van der Waals surface area contributed by atoms with Crippen molar-refractivity contribution in [2.75, 3.05) is 5.32 Å². The predicted molar refractivity (Wildman–Crippen MR) is 112 cm³/mol. The van der Waals surface area contributed by atoms with Crippen molar-refractivity contribution in [3.05, 3.63) is 93.7 Å². The zero-order valence-corrected chi connectivity index (χ0v) is 15.9. The Morgan fingerprint density at radius 2 is 1.67 bits per heavy atom. The summed E-state index contributed by atoms with van der Waals surface area (Å²) in [5.41, 5.74) is 1.86. The van der Waals surface area contributed by atoms with Crippen LogP contribution >= 0.6 is 0 Å². The Kier molecular flexibility index (Phi) is 6.29. The van der Waals surface area contributed by atoms with Gasteiger partial charge < -0.3 is 10.1 Å². The van der Waals surface area contributed by atoms with Crippen LogP contribution in [0.1, 0.15) is 28.4 Å². The van der Waals surface area contributed by atoms with E-state index in [1.807, 2.05) is 18.2 Å². The van der Waals surface area contributed by atoms with Crippen molar-refractivity contribution in [1.82, 2.24) is 4.98 Å². The summed E-state index contributed by atoms with van der Waals surface area (Å²) in [6.45, 7) is 1.42. The summed E-state index contributed by atoms with van der Waals surface area (Å²) >= 11 is 0. The molecule has 1 N–H and O–H groups in total. The second kappa shape index (κ2) is 9.24. The van der Waals surface area contributed by atoms with Gasteiger partial charge >= 0.3 is 5.97 Å². The van der Waals surface area contributed by atoms with E-state index >= 15 is 0 Å². The van der Waals surface area contributed by atoms with Crippen LogP contribution in [0.5, 0.6) is 5.75 Å². The summed E-state index contributed by atoms with van der Waals surface area (Å²) < 4.78 is 5.29. The van der Waals surface area contributed by atoms with Gasteiger partial charge in [-0.15, -0.1) is 0 Å². The third-order valence-corrected chi connectivity index (χ3v) is 3.96. The number of non-ortho nitro benzene ring substituents is 1. The lowest BCUT2D eigenvalue weighted by molar-refractivity contribution is -0.384. The number of amides is 1. The van der Waals surface area contributed by atoms with Crippen LogP contribution in [0.15, 0.2) is 66.9 Å². The number of nitro benzene ring substituents is 1. The Hall–Kier alpha value is -4.33. The number of ether oxygens (including phenoxy) is 1. The number of benzene rings is 2. The summed E-state index contributed by atoms with van der Waals surface area (Å²) in [6.07, 6.45) is 5.34. The average molecular weight is 403 g/mol. The Balaban J connectivity index is 1.63. The Labute approximate surface area is 172 Å². The van der Waals surface area contributed by atoms with Crippen molar-refractivity contribution in [1.29, 1.82) is 0 Å². The number of nitrogens with one attached hydrogen (secondary N) is 1. The minimum absolute atomic E-state index is 0.0962. The average Bonchev–Trinajstić information content (AvgIpc) is 2.73. The maximum atomic E-state index is 12.2. The molecule has 3 aromatic rings. The van der Waals surface area contributed by atoms with Crippen molar-refractivity contribution in [3.8, 4) is 5.75 Å². The third kappa shape index (κ3) is 5.59. The van der Waals surface area contributed by atoms with Crippen LogP contribution in [0.3, 0.4) is 0 Å². The van der Waals surface area contributed by atoms with Crippen LogP contribution in [0.4, 0.5) is 11.5 Å². The first-order valence-electron chi connectivity index (χ1n) is 8.89. The molecule has 0 bridgehead atoms. The molecule has 3 rings (SSSR count). The number of carbonyl (C=O) groups is 2. The minimum Gasteiger partial charge on any atom is -0.423 e. The quantitative estimate of drug-likeness (QED) is 0.284. The molecular weight excluding hydrogens is 386 g/mol. The van der Waals surface area contributed by atoms with Crippen LogP contribution in [0.2, 0.25) is 0 Å².